The molecule has 20 heavy (non-hydrogen) atoms. The largest absolute Gasteiger partial charge is 0.573 e. The standard InChI is InChI=1S/C14H9ClF4O/c15-8-10-4-5-11(16)7-13(10)9-2-1-3-12(6-9)20-14(17,18)19/h1-7H,8H2. The van der Waals surface area contributed by atoms with Gasteiger partial charge in [-0.25, -0.2) is 4.39 Å². The lowest BCUT2D eigenvalue weighted by molar-refractivity contribution is -0.274. The van der Waals surface area contributed by atoms with Crippen LogP contribution in [0, 0.1) is 5.82 Å². The van der Waals surface area contributed by atoms with E-state index in [1.807, 2.05) is 0 Å². The lowest BCUT2D eigenvalue weighted by Crippen LogP contribution is -2.17. The first-order valence-corrected chi connectivity index (χ1v) is 6.13. The molecule has 1 nitrogen and oxygen atoms in total. The summed E-state index contributed by atoms with van der Waals surface area (Å²) in [5, 5.41) is 0. The number of halogens is 5. The Hall–Kier alpha value is -1.75. The fourth-order valence-electron chi connectivity index (χ4n) is 1.79. The van der Waals surface area contributed by atoms with Gasteiger partial charge in [-0.2, -0.15) is 0 Å². The molecule has 2 aromatic rings. The Balaban J connectivity index is 2.43. The van der Waals surface area contributed by atoms with Crippen molar-refractivity contribution in [2.75, 3.05) is 0 Å². The third-order valence-corrected chi connectivity index (χ3v) is 2.88. The monoisotopic (exact) mass is 304 g/mol. The smallest absolute Gasteiger partial charge is 0.406 e. The van der Waals surface area contributed by atoms with Gasteiger partial charge in [0.15, 0.2) is 0 Å². The van der Waals surface area contributed by atoms with Gasteiger partial charge in [-0.3, -0.25) is 0 Å². The van der Waals surface area contributed by atoms with Gasteiger partial charge >= 0.3 is 6.36 Å². The minimum absolute atomic E-state index is 0.125. The molecule has 0 saturated carbocycles. The Kier molecular flexibility index (Phi) is 4.18. The maximum Gasteiger partial charge on any atom is 0.573 e. The Bertz CT molecular complexity index is 610. The molecule has 106 valence electrons. The zero-order valence-electron chi connectivity index (χ0n) is 10.0. The molecule has 0 aromatic heterocycles. The van der Waals surface area contributed by atoms with E-state index in [9.17, 15) is 17.6 Å². The molecule has 0 heterocycles. The molecule has 0 unspecified atom stereocenters. The lowest BCUT2D eigenvalue weighted by Gasteiger charge is -2.12. The van der Waals surface area contributed by atoms with E-state index in [1.165, 1.54) is 36.4 Å². The van der Waals surface area contributed by atoms with Gasteiger partial charge in [0.25, 0.3) is 0 Å². The normalized spacial score (nSPS) is 11.4. The van der Waals surface area contributed by atoms with E-state index >= 15 is 0 Å². The van der Waals surface area contributed by atoms with Crippen LogP contribution in [-0.2, 0) is 5.88 Å². The van der Waals surface area contributed by atoms with Gasteiger partial charge in [0.2, 0.25) is 0 Å². The summed E-state index contributed by atoms with van der Waals surface area (Å²) in [7, 11) is 0. The number of benzene rings is 2. The van der Waals surface area contributed by atoms with Crippen LogP contribution in [0.25, 0.3) is 11.1 Å². The number of ether oxygens (including phenoxy) is 1. The van der Waals surface area contributed by atoms with Crippen molar-refractivity contribution in [2.24, 2.45) is 0 Å². The third kappa shape index (κ3) is 3.63. The molecule has 0 fully saturated rings. The number of rotatable bonds is 3. The van der Waals surface area contributed by atoms with E-state index in [1.54, 1.807) is 6.07 Å². The highest BCUT2D eigenvalue weighted by Crippen LogP contribution is 2.31. The summed E-state index contributed by atoms with van der Waals surface area (Å²) < 4.78 is 53.7. The molecule has 0 amide bonds. The summed E-state index contributed by atoms with van der Waals surface area (Å²) in [5.41, 5.74) is 1.46. The minimum Gasteiger partial charge on any atom is -0.406 e. The van der Waals surface area contributed by atoms with Gasteiger partial charge in [-0.1, -0.05) is 18.2 Å². The van der Waals surface area contributed by atoms with E-state index < -0.39 is 12.2 Å². The van der Waals surface area contributed by atoms with Crippen molar-refractivity contribution in [2.45, 2.75) is 12.2 Å². The summed E-state index contributed by atoms with van der Waals surface area (Å²) in [5.74, 6) is -0.726. The van der Waals surface area contributed by atoms with Crippen LogP contribution in [0.1, 0.15) is 5.56 Å². The zero-order valence-corrected chi connectivity index (χ0v) is 10.8. The second kappa shape index (κ2) is 5.71. The van der Waals surface area contributed by atoms with Crippen LogP contribution in [0.3, 0.4) is 0 Å². The van der Waals surface area contributed by atoms with E-state index in [0.717, 1.165) is 0 Å². The Morgan fingerprint density at radius 2 is 1.80 bits per heavy atom. The maximum absolute atomic E-state index is 13.3. The molecular weight excluding hydrogens is 296 g/mol. The molecular formula is C14H9ClF4O. The highest BCUT2D eigenvalue weighted by molar-refractivity contribution is 6.17. The molecule has 0 bridgehead atoms. The molecule has 0 aliphatic rings. The van der Waals surface area contributed by atoms with E-state index in [0.29, 0.717) is 16.7 Å². The van der Waals surface area contributed by atoms with Gasteiger partial charge in [0.05, 0.1) is 0 Å². The van der Waals surface area contributed by atoms with Gasteiger partial charge in [0.1, 0.15) is 11.6 Å². The molecule has 2 rings (SSSR count). The lowest BCUT2D eigenvalue weighted by atomic mass is 10.0. The van der Waals surface area contributed by atoms with Gasteiger partial charge < -0.3 is 4.74 Å². The SMILES string of the molecule is Fc1ccc(CCl)c(-c2cccc(OC(F)(F)F)c2)c1. The fraction of sp³-hybridized carbons (Fsp3) is 0.143. The molecule has 0 saturated heterocycles. The average molecular weight is 305 g/mol. The first-order chi connectivity index (χ1) is 9.39. The molecule has 6 heteroatoms. The Morgan fingerprint density at radius 3 is 2.45 bits per heavy atom. The Labute approximate surface area is 117 Å². The molecule has 0 spiro atoms. The Morgan fingerprint density at radius 1 is 1.05 bits per heavy atom. The van der Waals surface area contributed by atoms with Crippen LogP contribution in [0.5, 0.6) is 5.75 Å². The van der Waals surface area contributed by atoms with Crippen LogP contribution in [-0.4, -0.2) is 6.36 Å². The van der Waals surface area contributed by atoms with Crippen molar-refractivity contribution >= 4 is 11.6 Å². The summed E-state index contributed by atoms with van der Waals surface area (Å²) >= 11 is 5.75. The third-order valence-electron chi connectivity index (χ3n) is 2.59. The fourth-order valence-corrected chi connectivity index (χ4v) is 2.03. The van der Waals surface area contributed by atoms with Crippen molar-refractivity contribution in [3.8, 4) is 16.9 Å². The maximum atomic E-state index is 13.3. The molecule has 0 atom stereocenters. The van der Waals surface area contributed by atoms with E-state index in [4.69, 9.17) is 11.6 Å². The van der Waals surface area contributed by atoms with E-state index in [2.05, 4.69) is 4.74 Å². The van der Waals surface area contributed by atoms with Crippen molar-refractivity contribution < 1.29 is 22.3 Å². The number of hydrogen-bond acceptors (Lipinski definition) is 1. The van der Waals surface area contributed by atoms with Crippen molar-refractivity contribution in [3.63, 3.8) is 0 Å². The van der Waals surface area contributed by atoms with Crippen molar-refractivity contribution in [1.82, 2.24) is 0 Å². The minimum atomic E-state index is -4.77. The zero-order chi connectivity index (χ0) is 14.8. The second-order valence-corrected chi connectivity index (χ2v) is 4.28. The van der Waals surface area contributed by atoms with Gasteiger partial charge in [-0.15, -0.1) is 24.8 Å². The van der Waals surface area contributed by atoms with Crippen LogP contribution < -0.4 is 4.74 Å². The first-order valence-electron chi connectivity index (χ1n) is 5.59. The molecule has 0 aliphatic heterocycles. The number of alkyl halides is 4. The van der Waals surface area contributed by atoms with Crippen LogP contribution in [0.2, 0.25) is 0 Å². The summed E-state index contributed by atoms with van der Waals surface area (Å²) in [6.07, 6.45) is -4.77. The van der Waals surface area contributed by atoms with Crippen LogP contribution >= 0.6 is 11.6 Å². The molecule has 0 N–H and O–H groups in total. The van der Waals surface area contributed by atoms with Crippen molar-refractivity contribution in [1.29, 1.82) is 0 Å². The van der Waals surface area contributed by atoms with Crippen LogP contribution in [0.4, 0.5) is 17.6 Å². The molecule has 0 radical (unpaired) electrons. The predicted molar refractivity (Wildman–Crippen MR) is 68.1 cm³/mol. The second-order valence-electron chi connectivity index (χ2n) is 4.01. The highest BCUT2D eigenvalue weighted by Gasteiger charge is 2.31. The quantitative estimate of drug-likeness (QED) is 0.564. The summed E-state index contributed by atoms with van der Waals surface area (Å²) in [6, 6.07) is 9.30. The van der Waals surface area contributed by atoms with Crippen molar-refractivity contribution in [3.05, 3.63) is 53.8 Å². The summed E-state index contributed by atoms with van der Waals surface area (Å²) in [4.78, 5) is 0. The topological polar surface area (TPSA) is 9.23 Å². The predicted octanol–water partition coefficient (Wildman–Crippen LogP) is 5.13. The average Bonchev–Trinajstić information content (AvgIpc) is 2.37. The molecule has 0 aliphatic carbocycles. The van der Waals surface area contributed by atoms with E-state index in [-0.39, 0.29) is 11.6 Å². The van der Waals surface area contributed by atoms with Crippen LogP contribution in [0.15, 0.2) is 42.5 Å². The first kappa shape index (κ1) is 14.7. The van der Waals surface area contributed by atoms with Gasteiger partial charge in [0, 0.05) is 5.88 Å². The summed E-state index contributed by atoms with van der Waals surface area (Å²) in [6.45, 7) is 0. The highest BCUT2D eigenvalue weighted by atomic mass is 35.5. The van der Waals surface area contributed by atoms with Gasteiger partial charge in [-0.05, 0) is 41.0 Å². The molecule has 2 aromatic carbocycles. The number of hydrogen-bond donors (Lipinski definition) is 0.